The van der Waals surface area contributed by atoms with E-state index >= 15 is 0 Å². The van der Waals surface area contributed by atoms with E-state index < -0.39 is 35.5 Å². The summed E-state index contributed by atoms with van der Waals surface area (Å²) in [4.78, 5) is 57.5. The van der Waals surface area contributed by atoms with Gasteiger partial charge in [0.1, 0.15) is 18.0 Å². The van der Waals surface area contributed by atoms with Gasteiger partial charge in [0.25, 0.3) is 5.56 Å². The molecule has 0 unspecified atom stereocenters. The van der Waals surface area contributed by atoms with Gasteiger partial charge >= 0.3 is 5.97 Å². The maximum atomic E-state index is 13.3. The van der Waals surface area contributed by atoms with Crippen LogP contribution in [0.3, 0.4) is 0 Å². The fraction of sp³-hybridized carbons (Fsp3) is 0.0625. The number of aliphatic hydroxyl groups excluding tert-OH is 1. The largest absolute Gasteiger partial charge is 0.506 e. The second-order valence-electron chi connectivity index (χ2n) is 9.40. The number of nitrogens with zero attached hydrogens (tertiary/aromatic N) is 3. The molecule has 0 atom stereocenters. The van der Waals surface area contributed by atoms with Gasteiger partial charge in [0.05, 0.1) is 17.5 Å². The highest BCUT2D eigenvalue weighted by Gasteiger charge is 2.32. The number of para-hydroxylation sites is 1. The lowest BCUT2D eigenvalue weighted by Crippen LogP contribution is -2.30. The van der Waals surface area contributed by atoms with Crippen LogP contribution >= 0.6 is 0 Å². The lowest BCUT2D eigenvalue weighted by Gasteiger charge is -2.12. The van der Waals surface area contributed by atoms with Crippen LogP contribution in [0.15, 0.2) is 81.7 Å². The SMILES string of the molecule is [C-]#[N+]c1c(C)c(/C=C/C=C/C=c2\ccc3c(c2)C(=O)/C(=C2/N=c4ccccc4=CC2=O)C=3O)c(=O)n(CC(=O)O)c1O. The Balaban J connectivity index is 1.45. The Morgan fingerprint density at radius 1 is 1.07 bits per heavy atom. The van der Waals surface area contributed by atoms with Gasteiger partial charge < -0.3 is 15.3 Å². The molecule has 42 heavy (non-hydrogen) atoms. The van der Waals surface area contributed by atoms with E-state index in [0.29, 0.717) is 25.6 Å². The van der Waals surface area contributed by atoms with E-state index in [4.69, 9.17) is 11.7 Å². The normalized spacial score (nSPS) is 16.4. The quantitative estimate of drug-likeness (QED) is 0.243. The molecule has 1 aliphatic heterocycles. The van der Waals surface area contributed by atoms with Gasteiger partial charge in [-0.25, -0.2) is 9.84 Å². The molecule has 0 saturated carbocycles. The molecule has 2 aromatic carbocycles. The second kappa shape index (κ2) is 10.8. The van der Waals surface area contributed by atoms with Crippen LogP contribution in [0.2, 0.25) is 0 Å². The molecule has 0 bridgehead atoms. The predicted molar refractivity (Wildman–Crippen MR) is 153 cm³/mol. The minimum absolute atomic E-state index is 0.0574. The molecule has 3 aromatic rings. The molecule has 0 amide bonds. The highest BCUT2D eigenvalue weighted by Crippen LogP contribution is 2.31. The number of benzene rings is 2. The van der Waals surface area contributed by atoms with Crippen molar-refractivity contribution >= 4 is 47.2 Å². The van der Waals surface area contributed by atoms with Crippen molar-refractivity contribution in [3.05, 3.63) is 131 Å². The van der Waals surface area contributed by atoms with Crippen molar-refractivity contribution in [3.63, 3.8) is 0 Å². The number of ketones is 2. The van der Waals surface area contributed by atoms with Crippen molar-refractivity contribution < 1.29 is 29.7 Å². The third-order valence-electron chi connectivity index (χ3n) is 6.81. The summed E-state index contributed by atoms with van der Waals surface area (Å²) in [6.07, 6.45) is 9.21. The summed E-state index contributed by atoms with van der Waals surface area (Å²) >= 11 is 0. The lowest BCUT2D eigenvalue weighted by atomic mass is 10.0. The Morgan fingerprint density at radius 2 is 1.83 bits per heavy atom. The summed E-state index contributed by atoms with van der Waals surface area (Å²) in [5.41, 5.74) is -0.736. The molecule has 0 saturated heterocycles. The number of carbonyl (C=O) groups excluding carboxylic acids is 2. The number of pyridine rings is 1. The number of aromatic hydroxyl groups is 1. The molecule has 0 radical (unpaired) electrons. The van der Waals surface area contributed by atoms with Crippen molar-refractivity contribution in [2.75, 3.05) is 0 Å². The highest BCUT2D eigenvalue weighted by molar-refractivity contribution is 6.27. The van der Waals surface area contributed by atoms with Crippen LogP contribution < -0.4 is 26.6 Å². The molecule has 2 heterocycles. The average molecular weight is 560 g/mol. The molecule has 0 fully saturated rings. The van der Waals surface area contributed by atoms with Crippen molar-refractivity contribution in [2.45, 2.75) is 13.5 Å². The summed E-state index contributed by atoms with van der Waals surface area (Å²) < 4.78 is 0.626. The molecule has 2 aliphatic rings. The van der Waals surface area contributed by atoms with E-state index in [-0.39, 0.29) is 39.4 Å². The molecule has 1 aliphatic carbocycles. The first-order valence-corrected chi connectivity index (χ1v) is 12.6. The Hall–Kier alpha value is -6.08. The van der Waals surface area contributed by atoms with Gasteiger partial charge in [-0.05, 0) is 42.0 Å². The maximum absolute atomic E-state index is 13.3. The van der Waals surface area contributed by atoms with Crippen LogP contribution in [0.5, 0.6) is 5.88 Å². The number of fused-ring (bicyclic) bond motifs is 2. The zero-order valence-corrected chi connectivity index (χ0v) is 22.0. The standard InChI is InChI=1S/C32H21N3O7/c1-17-20(31(41)35(16-25(37)38)32(42)27(17)33-2)10-5-3-4-8-18-12-13-21-22(14-18)30(40)26(29(21)39)28-24(36)15-19-9-6-7-11-23(19)34-28/h3-15,39,42H,16H2,1H3,(H,37,38)/b4-3+,10-5+,18-8+,28-26+. The topological polar surface area (TPSA) is 151 Å². The second-order valence-corrected chi connectivity index (χ2v) is 9.40. The molecule has 1 aromatic heterocycles. The average Bonchev–Trinajstić information content (AvgIpc) is 3.21. The van der Waals surface area contributed by atoms with Crippen LogP contribution in [0.25, 0.3) is 28.8 Å². The number of hydrogen-bond acceptors (Lipinski definition) is 7. The fourth-order valence-corrected chi connectivity index (χ4v) is 4.75. The van der Waals surface area contributed by atoms with E-state index in [0.717, 1.165) is 0 Å². The first-order valence-electron chi connectivity index (χ1n) is 12.6. The molecular formula is C32H21N3O7. The third kappa shape index (κ3) is 4.76. The van der Waals surface area contributed by atoms with Crippen LogP contribution in [-0.2, 0) is 16.1 Å². The first kappa shape index (κ1) is 27.5. The summed E-state index contributed by atoms with van der Waals surface area (Å²) in [7, 11) is 0. The maximum Gasteiger partial charge on any atom is 0.323 e. The summed E-state index contributed by atoms with van der Waals surface area (Å²) in [6, 6.07) is 11.8. The van der Waals surface area contributed by atoms with Gasteiger partial charge in [0, 0.05) is 21.6 Å². The molecule has 3 N–H and O–H groups in total. The summed E-state index contributed by atoms with van der Waals surface area (Å²) in [5.74, 6) is -3.34. The smallest absolute Gasteiger partial charge is 0.323 e. The van der Waals surface area contributed by atoms with E-state index in [1.165, 1.54) is 25.2 Å². The molecule has 10 heteroatoms. The van der Waals surface area contributed by atoms with Crippen molar-refractivity contribution in [1.82, 2.24) is 4.57 Å². The Labute approximate surface area is 237 Å². The minimum atomic E-state index is -1.35. The van der Waals surface area contributed by atoms with E-state index in [1.54, 1.807) is 60.7 Å². The van der Waals surface area contributed by atoms with Crippen molar-refractivity contribution in [2.24, 2.45) is 4.99 Å². The number of aromatic nitrogens is 1. The number of carboxylic acid groups (broad SMARTS) is 1. The number of carbonyl (C=O) groups is 3. The zero-order valence-electron chi connectivity index (χ0n) is 22.0. The van der Waals surface area contributed by atoms with Gasteiger partial charge in [0.15, 0.2) is 11.7 Å². The molecular weight excluding hydrogens is 538 g/mol. The molecule has 0 spiro atoms. The number of hydrogen-bond donors (Lipinski definition) is 3. The van der Waals surface area contributed by atoms with Crippen LogP contribution in [-0.4, -0.2) is 37.4 Å². The van der Waals surface area contributed by atoms with E-state index in [1.807, 2.05) is 0 Å². The van der Waals surface area contributed by atoms with Gasteiger partial charge in [-0.15, -0.1) is 0 Å². The van der Waals surface area contributed by atoms with Gasteiger partial charge in [-0.3, -0.25) is 23.7 Å². The molecule has 206 valence electrons. The third-order valence-corrected chi connectivity index (χ3v) is 6.81. The van der Waals surface area contributed by atoms with Crippen LogP contribution in [0, 0.1) is 13.5 Å². The molecule has 5 rings (SSSR count). The number of Topliss-reactive ketones (excluding diaryl/α,β-unsaturated/α-hetero) is 2. The number of carboxylic acids is 1. The monoisotopic (exact) mass is 559 g/mol. The van der Waals surface area contributed by atoms with Crippen LogP contribution in [0.4, 0.5) is 5.69 Å². The van der Waals surface area contributed by atoms with Gasteiger partial charge in [-0.1, -0.05) is 54.6 Å². The number of aliphatic hydroxyl groups is 1. The lowest BCUT2D eigenvalue weighted by molar-refractivity contribution is -0.137. The summed E-state index contributed by atoms with van der Waals surface area (Å²) in [6.45, 7) is 7.98. The molecule has 10 nitrogen and oxygen atoms in total. The Bertz CT molecular complexity index is 2190. The van der Waals surface area contributed by atoms with E-state index in [9.17, 15) is 29.4 Å². The Morgan fingerprint density at radius 3 is 2.57 bits per heavy atom. The van der Waals surface area contributed by atoms with Crippen molar-refractivity contribution in [1.29, 1.82) is 0 Å². The van der Waals surface area contributed by atoms with Crippen LogP contribution in [0.1, 0.15) is 21.5 Å². The number of allylic oxidation sites excluding steroid dienone is 4. The van der Waals surface area contributed by atoms with Gasteiger partial charge in [-0.2, -0.15) is 0 Å². The number of rotatable bonds is 5. The predicted octanol–water partition coefficient (Wildman–Crippen LogP) is 1.35. The van der Waals surface area contributed by atoms with E-state index in [2.05, 4.69) is 9.84 Å². The first-order chi connectivity index (χ1) is 20.1. The zero-order chi connectivity index (χ0) is 30.1. The minimum Gasteiger partial charge on any atom is -0.506 e. The fourth-order valence-electron chi connectivity index (χ4n) is 4.75. The Kier molecular flexibility index (Phi) is 7.08. The summed E-state index contributed by atoms with van der Waals surface area (Å²) in [5, 5.41) is 32.1. The van der Waals surface area contributed by atoms with Crippen molar-refractivity contribution in [3.8, 4) is 5.88 Å². The highest BCUT2D eigenvalue weighted by atomic mass is 16.4. The number of aliphatic carboxylic acids is 1. The van der Waals surface area contributed by atoms with Gasteiger partial charge in [0.2, 0.25) is 11.5 Å².